The molecule has 2 rings (SSSR count). The minimum absolute atomic E-state index is 0.0784. The van der Waals surface area contributed by atoms with Gasteiger partial charge in [-0.2, -0.15) is 8.78 Å². The summed E-state index contributed by atoms with van der Waals surface area (Å²) in [5.41, 5.74) is 1.76. The normalized spacial score (nSPS) is 12.7. The van der Waals surface area contributed by atoms with Crippen molar-refractivity contribution in [2.75, 3.05) is 13.1 Å². The Hall–Kier alpha value is -2.24. The van der Waals surface area contributed by atoms with E-state index in [0.29, 0.717) is 18.7 Å². The first-order chi connectivity index (χ1) is 11.1. The van der Waals surface area contributed by atoms with E-state index in [1.807, 2.05) is 42.5 Å². The summed E-state index contributed by atoms with van der Waals surface area (Å²) in [6.45, 7) is -1.85. The van der Waals surface area contributed by atoms with Gasteiger partial charge in [0.15, 0.2) is 0 Å². The van der Waals surface area contributed by atoms with E-state index < -0.39 is 12.7 Å². The van der Waals surface area contributed by atoms with E-state index in [4.69, 9.17) is 0 Å². The van der Waals surface area contributed by atoms with Crippen molar-refractivity contribution < 1.29 is 18.6 Å². The molecule has 0 aliphatic rings. The fourth-order valence-corrected chi connectivity index (χ4v) is 2.05. The molecule has 23 heavy (non-hydrogen) atoms. The Labute approximate surface area is 134 Å². The summed E-state index contributed by atoms with van der Waals surface area (Å²) >= 11 is 0. The minimum Gasteiger partial charge on any atom is -0.435 e. The number of halogens is 2. The average Bonchev–Trinajstić information content (AvgIpc) is 2.55. The van der Waals surface area contributed by atoms with Crippen molar-refractivity contribution in [1.82, 2.24) is 5.32 Å². The third-order valence-corrected chi connectivity index (χ3v) is 3.20. The number of alkyl halides is 2. The van der Waals surface area contributed by atoms with Crippen LogP contribution in [0.1, 0.15) is 17.2 Å². The number of nitrogens with one attached hydrogen (secondary N) is 1. The summed E-state index contributed by atoms with van der Waals surface area (Å²) in [6.07, 6.45) is 3.26. The van der Waals surface area contributed by atoms with Crippen molar-refractivity contribution >= 4 is 6.08 Å². The Morgan fingerprint density at radius 3 is 2.39 bits per heavy atom. The van der Waals surface area contributed by atoms with Crippen molar-refractivity contribution in [2.45, 2.75) is 12.7 Å². The topological polar surface area (TPSA) is 41.5 Å². The van der Waals surface area contributed by atoms with Crippen molar-refractivity contribution in [1.29, 1.82) is 0 Å². The van der Waals surface area contributed by atoms with Crippen LogP contribution in [0.5, 0.6) is 5.75 Å². The summed E-state index contributed by atoms with van der Waals surface area (Å²) in [5, 5.41) is 13.1. The number of aliphatic hydroxyl groups excluding tert-OH is 1. The summed E-state index contributed by atoms with van der Waals surface area (Å²) in [4.78, 5) is 0. The quantitative estimate of drug-likeness (QED) is 0.730. The maximum absolute atomic E-state index is 12.1. The predicted octanol–water partition coefficient (Wildman–Crippen LogP) is 3.62. The van der Waals surface area contributed by atoms with E-state index in [0.717, 1.165) is 5.56 Å². The molecule has 1 atom stereocenters. The fourth-order valence-electron chi connectivity index (χ4n) is 2.05. The van der Waals surface area contributed by atoms with Crippen LogP contribution in [-0.2, 0) is 0 Å². The maximum atomic E-state index is 12.1. The smallest absolute Gasteiger partial charge is 0.387 e. The van der Waals surface area contributed by atoms with Crippen molar-refractivity contribution in [2.24, 2.45) is 0 Å². The third kappa shape index (κ3) is 6.18. The Balaban J connectivity index is 1.74. The van der Waals surface area contributed by atoms with Gasteiger partial charge in [-0.05, 0) is 23.3 Å². The number of hydrogen-bond donors (Lipinski definition) is 2. The molecule has 1 unspecified atom stereocenters. The highest BCUT2D eigenvalue weighted by atomic mass is 19.3. The Kier molecular flexibility index (Phi) is 6.72. The van der Waals surface area contributed by atoms with Crippen molar-refractivity contribution in [3.05, 3.63) is 71.8 Å². The second kappa shape index (κ2) is 9.02. The van der Waals surface area contributed by atoms with E-state index in [1.54, 1.807) is 12.1 Å². The molecule has 0 saturated heterocycles. The molecule has 0 aromatic heterocycles. The third-order valence-electron chi connectivity index (χ3n) is 3.20. The number of ether oxygens (including phenoxy) is 1. The van der Waals surface area contributed by atoms with Crippen LogP contribution in [0, 0.1) is 0 Å². The second-order valence-electron chi connectivity index (χ2n) is 4.93. The Bertz CT molecular complexity index is 600. The summed E-state index contributed by atoms with van der Waals surface area (Å²) in [5.74, 6) is 0.0784. The van der Waals surface area contributed by atoms with Crippen LogP contribution in [0.2, 0.25) is 0 Å². The zero-order valence-corrected chi connectivity index (χ0v) is 12.5. The van der Waals surface area contributed by atoms with Gasteiger partial charge < -0.3 is 15.2 Å². The molecular formula is C18H19F2NO2. The summed E-state index contributed by atoms with van der Waals surface area (Å²) < 4.78 is 28.4. The van der Waals surface area contributed by atoms with Crippen molar-refractivity contribution in [3.8, 4) is 5.75 Å². The summed E-state index contributed by atoms with van der Waals surface area (Å²) in [7, 11) is 0. The van der Waals surface area contributed by atoms with E-state index in [9.17, 15) is 13.9 Å². The van der Waals surface area contributed by atoms with Gasteiger partial charge in [0, 0.05) is 13.1 Å². The lowest BCUT2D eigenvalue weighted by Crippen LogP contribution is -2.21. The van der Waals surface area contributed by atoms with Crippen molar-refractivity contribution in [3.63, 3.8) is 0 Å². The average molecular weight is 319 g/mol. The van der Waals surface area contributed by atoms with Crippen LogP contribution in [0.25, 0.3) is 6.08 Å². The van der Waals surface area contributed by atoms with Gasteiger partial charge in [-0.25, -0.2) is 0 Å². The minimum atomic E-state index is -2.84. The molecule has 0 aliphatic carbocycles. The first-order valence-corrected chi connectivity index (χ1v) is 7.30. The zero-order valence-electron chi connectivity index (χ0n) is 12.5. The highest BCUT2D eigenvalue weighted by Crippen LogP contribution is 2.18. The maximum Gasteiger partial charge on any atom is 0.387 e. The standard InChI is InChI=1S/C18H19F2NO2/c19-18(20)23-16-10-8-15(9-11-16)17(22)13-21-12-4-7-14-5-2-1-3-6-14/h1-11,17-18,21-22H,12-13H2. The molecule has 5 heteroatoms. The van der Waals surface area contributed by atoms with E-state index >= 15 is 0 Å². The fraction of sp³-hybridized carbons (Fsp3) is 0.222. The molecule has 0 amide bonds. The van der Waals surface area contributed by atoms with Crippen LogP contribution < -0.4 is 10.1 Å². The molecule has 0 spiro atoms. The van der Waals surface area contributed by atoms with Crippen LogP contribution in [0.4, 0.5) is 8.78 Å². The van der Waals surface area contributed by atoms with Gasteiger partial charge in [-0.15, -0.1) is 0 Å². The number of benzene rings is 2. The Morgan fingerprint density at radius 2 is 1.74 bits per heavy atom. The van der Waals surface area contributed by atoms with E-state index in [1.165, 1.54) is 12.1 Å². The van der Waals surface area contributed by atoms with Gasteiger partial charge in [-0.1, -0.05) is 54.6 Å². The van der Waals surface area contributed by atoms with Gasteiger partial charge in [0.05, 0.1) is 6.10 Å². The molecule has 2 N–H and O–H groups in total. The largest absolute Gasteiger partial charge is 0.435 e. The number of rotatable bonds is 8. The molecule has 0 radical (unpaired) electrons. The predicted molar refractivity (Wildman–Crippen MR) is 86.4 cm³/mol. The summed E-state index contributed by atoms with van der Waals surface area (Å²) in [6, 6.07) is 15.9. The lowest BCUT2D eigenvalue weighted by Gasteiger charge is -2.12. The van der Waals surface area contributed by atoms with Gasteiger partial charge in [0.2, 0.25) is 0 Å². The number of hydrogen-bond acceptors (Lipinski definition) is 3. The highest BCUT2D eigenvalue weighted by Gasteiger charge is 2.08. The molecule has 2 aromatic carbocycles. The second-order valence-corrected chi connectivity index (χ2v) is 4.93. The van der Waals surface area contributed by atoms with E-state index in [-0.39, 0.29) is 5.75 Å². The van der Waals surface area contributed by atoms with Gasteiger partial charge >= 0.3 is 6.61 Å². The molecule has 0 bridgehead atoms. The zero-order chi connectivity index (χ0) is 16.5. The molecule has 0 aliphatic heterocycles. The van der Waals surface area contributed by atoms with Crippen LogP contribution in [-0.4, -0.2) is 24.8 Å². The van der Waals surface area contributed by atoms with Gasteiger partial charge in [-0.3, -0.25) is 0 Å². The molecule has 0 heterocycles. The molecule has 122 valence electrons. The molecule has 3 nitrogen and oxygen atoms in total. The molecule has 0 saturated carbocycles. The van der Waals surface area contributed by atoms with Gasteiger partial charge in [0.25, 0.3) is 0 Å². The SMILES string of the molecule is OC(CNCC=Cc1ccccc1)c1ccc(OC(F)F)cc1. The molecular weight excluding hydrogens is 300 g/mol. The van der Waals surface area contributed by atoms with Crippen LogP contribution in [0.15, 0.2) is 60.7 Å². The van der Waals surface area contributed by atoms with Crippen LogP contribution >= 0.6 is 0 Å². The first-order valence-electron chi connectivity index (χ1n) is 7.30. The lowest BCUT2D eigenvalue weighted by atomic mass is 10.1. The molecule has 2 aromatic rings. The molecule has 0 fully saturated rings. The van der Waals surface area contributed by atoms with E-state index in [2.05, 4.69) is 10.1 Å². The van der Waals surface area contributed by atoms with Gasteiger partial charge in [0.1, 0.15) is 5.75 Å². The number of aliphatic hydroxyl groups is 1. The monoisotopic (exact) mass is 319 g/mol. The first kappa shape index (κ1) is 17.1. The Morgan fingerprint density at radius 1 is 1.04 bits per heavy atom. The lowest BCUT2D eigenvalue weighted by molar-refractivity contribution is -0.0498. The van der Waals surface area contributed by atoms with Crippen LogP contribution in [0.3, 0.4) is 0 Å². The highest BCUT2D eigenvalue weighted by molar-refractivity contribution is 5.48.